The van der Waals surface area contributed by atoms with E-state index in [0.717, 1.165) is 10.9 Å². The molecule has 6 nitrogen and oxygen atoms in total. The molecular formula is C14H15N5OS. The second kappa shape index (κ2) is 5.17. The number of amides is 1. The third kappa shape index (κ3) is 2.47. The molecule has 0 fully saturated rings. The second-order valence-electron chi connectivity index (χ2n) is 4.84. The van der Waals surface area contributed by atoms with Crippen LogP contribution in [0.4, 0.5) is 5.13 Å². The van der Waals surface area contributed by atoms with Gasteiger partial charge in [0.2, 0.25) is 5.13 Å². The number of para-hydroxylation sites is 1. The Labute approximate surface area is 125 Å². The lowest BCUT2D eigenvalue weighted by atomic mass is 10.1. The summed E-state index contributed by atoms with van der Waals surface area (Å²) in [5, 5.41) is 12.7. The van der Waals surface area contributed by atoms with Crippen molar-refractivity contribution in [2.45, 2.75) is 13.0 Å². The highest BCUT2D eigenvalue weighted by molar-refractivity contribution is 7.15. The maximum Gasteiger partial charge on any atom is 0.254 e. The minimum atomic E-state index is -0.230. The van der Waals surface area contributed by atoms with Gasteiger partial charge < -0.3 is 15.6 Å². The van der Waals surface area contributed by atoms with Gasteiger partial charge in [0.1, 0.15) is 5.01 Å². The molecule has 108 valence electrons. The summed E-state index contributed by atoms with van der Waals surface area (Å²) in [6.45, 7) is 1.86. The van der Waals surface area contributed by atoms with Gasteiger partial charge in [-0.3, -0.25) is 4.79 Å². The fraction of sp³-hybridized carbons (Fsp3) is 0.214. The molecule has 7 heteroatoms. The van der Waals surface area contributed by atoms with Crippen molar-refractivity contribution in [3.63, 3.8) is 0 Å². The van der Waals surface area contributed by atoms with Crippen LogP contribution in [0.15, 0.2) is 30.5 Å². The molecule has 2 heterocycles. The molecule has 0 radical (unpaired) electrons. The van der Waals surface area contributed by atoms with Gasteiger partial charge in [-0.15, -0.1) is 10.2 Å². The molecule has 0 unspecified atom stereocenters. The van der Waals surface area contributed by atoms with E-state index in [9.17, 15) is 4.79 Å². The second-order valence-corrected chi connectivity index (χ2v) is 5.89. The number of carbonyl (C=O) groups is 1. The molecule has 3 rings (SSSR count). The van der Waals surface area contributed by atoms with Crippen molar-refractivity contribution < 1.29 is 4.79 Å². The Bertz CT molecular complexity index is 807. The average molecular weight is 301 g/mol. The Morgan fingerprint density at radius 1 is 1.38 bits per heavy atom. The summed E-state index contributed by atoms with van der Waals surface area (Å²) in [5.74, 6) is -0.131. The number of aryl methyl sites for hydroxylation is 1. The van der Waals surface area contributed by atoms with Crippen molar-refractivity contribution in [2.24, 2.45) is 7.05 Å². The zero-order valence-electron chi connectivity index (χ0n) is 11.7. The van der Waals surface area contributed by atoms with Crippen molar-refractivity contribution in [1.29, 1.82) is 0 Å². The van der Waals surface area contributed by atoms with Crippen LogP contribution in [0.5, 0.6) is 0 Å². The Morgan fingerprint density at radius 2 is 2.14 bits per heavy atom. The SMILES string of the molecule is C[C@@H](NC(=O)c1cn(C)c2ccccc12)c1nnc(N)s1. The summed E-state index contributed by atoms with van der Waals surface area (Å²) < 4.78 is 1.94. The van der Waals surface area contributed by atoms with Crippen LogP contribution in [-0.4, -0.2) is 20.7 Å². The average Bonchev–Trinajstić information content (AvgIpc) is 3.04. The maximum absolute atomic E-state index is 12.5. The number of rotatable bonds is 3. The quantitative estimate of drug-likeness (QED) is 0.775. The van der Waals surface area contributed by atoms with Crippen LogP contribution < -0.4 is 11.1 Å². The van der Waals surface area contributed by atoms with Crippen LogP contribution in [-0.2, 0) is 7.05 Å². The number of hydrogen-bond acceptors (Lipinski definition) is 5. The van der Waals surface area contributed by atoms with E-state index in [4.69, 9.17) is 5.73 Å². The number of carbonyl (C=O) groups excluding carboxylic acids is 1. The largest absolute Gasteiger partial charge is 0.374 e. The van der Waals surface area contributed by atoms with E-state index >= 15 is 0 Å². The number of nitrogens with zero attached hydrogens (tertiary/aromatic N) is 3. The van der Waals surface area contributed by atoms with Crippen molar-refractivity contribution in [3.05, 3.63) is 41.0 Å². The number of nitrogens with two attached hydrogens (primary N) is 1. The molecule has 1 amide bonds. The standard InChI is InChI=1S/C14H15N5OS/c1-8(13-17-18-14(15)21-13)16-12(20)10-7-19(2)11-6-4-3-5-9(10)11/h3-8H,1-2H3,(H2,15,18)(H,16,20)/t8-/m1/s1. The monoisotopic (exact) mass is 301 g/mol. The first-order valence-corrected chi connectivity index (χ1v) is 7.31. The van der Waals surface area contributed by atoms with E-state index in [2.05, 4.69) is 15.5 Å². The van der Waals surface area contributed by atoms with Gasteiger partial charge in [-0.05, 0) is 13.0 Å². The molecule has 2 aromatic heterocycles. The number of fused-ring (bicyclic) bond motifs is 1. The lowest BCUT2D eigenvalue weighted by molar-refractivity contribution is 0.0941. The molecular weight excluding hydrogens is 286 g/mol. The molecule has 0 bridgehead atoms. The Kier molecular flexibility index (Phi) is 3.34. The highest BCUT2D eigenvalue weighted by Crippen LogP contribution is 2.23. The van der Waals surface area contributed by atoms with E-state index < -0.39 is 0 Å². The molecule has 1 atom stereocenters. The molecule has 0 aliphatic carbocycles. The molecule has 3 N–H and O–H groups in total. The fourth-order valence-corrected chi connectivity index (χ4v) is 2.89. The first-order chi connectivity index (χ1) is 10.1. The van der Waals surface area contributed by atoms with Crippen LogP contribution in [0.2, 0.25) is 0 Å². The summed E-state index contributed by atoms with van der Waals surface area (Å²) in [5.41, 5.74) is 7.24. The molecule has 1 aromatic carbocycles. The summed E-state index contributed by atoms with van der Waals surface area (Å²) in [4.78, 5) is 12.5. The van der Waals surface area contributed by atoms with E-state index in [1.165, 1.54) is 11.3 Å². The van der Waals surface area contributed by atoms with Crippen LogP contribution in [0, 0.1) is 0 Å². The predicted octanol–water partition coefficient (Wildman–Crippen LogP) is 2.10. The number of nitrogen functional groups attached to an aromatic ring is 1. The van der Waals surface area contributed by atoms with Crippen LogP contribution >= 0.6 is 11.3 Å². The van der Waals surface area contributed by atoms with Crippen LogP contribution in [0.3, 0.4) is 0 Å². The van der Waals surface area contributed by atoms with Crippen molar-refractivity contribution >= 4 is 33.3 Å². The topological polar surface area (TPSA) is 85.8 Å². The summed E-state index contributed by atoms with van der Waals surface area (Å²) >= 11 is 1.28. The third-order valence-corrected chi connectivity index (χ3v) is 4.25. The molecule has 0 saturated heterocycles. The van der Waals surface area contributed by atoms with Gasteiger partial charge in [-0.2, -0.15) is 0 Å². The van der Waals surface area contributed by atoms with E-state index in [1.807, 2.05) is 49.0 Å². The highest BCUT2D eigenvalue weighted by Gasteiger charge is 2.18. The van der Waals surface area contributed by atoms with Gasteiger partial charge in [0, 0.05) is 24.1 Å². The first-order valence-electron chi connectivity index (χ1n) is 6.50. The highest BCUT2D eigenvalue weighted by atomic mass is 32.1. The Balaban J connectivity index is 1.87. The van der Waals surface area contributed by atoms with Crippen LogP contribution in [0.1, 0.15) is 28.3 Å². The fourth-order valence-electron chi connectivity index (χ4n) is 2.28. The maximum atomic E-state index is 12.5. The smallest absolute Gasteiger partial charge is 0.254 e. The minimum Gasteiger partial charge on any atom is -0.374 e. The van der Waals surface area contributed by atoms with Gasteiger partial charge in [-0.25, -0.2) is 0 Å². The predicted molar refractivity (Wildman–Crippen MR) is 83.1 cm³/mol. The Hall–Kier alpha value is -2.41. The van der Waals surface area contributed by atoms with Gasteiger partial charge in [0.05, 0.1) is 11.6 Å². The number of aromatic nitrogens is 3. The zero-order chi connectivity index (χ0) is 15.0. The Morgan fingerprint density at radius 3 is 2.86 bits per heavy atom. The minimum absolute atomic E-state index is 0.131. The molecule has 0 saturated carbocycles. The lowest BCUT2D eigenvalue weighted by Gasteiger charge is -2.09. The van der Waals surface area contributed by atoms with Gasteiger partial charge >= 0.3 is 0 Å². The normalized spacial score (nSPS) is 12.5. The third-order valence-electron chi connectivity index (χ3n) is 3.32. The van der Waals surface area contributed by atoms with E-state index in [-0.39, 0.29) is 11.9 Å². The number of anilines is 1. The van der Waals surface area contributed by atoms with E-state index in [1.54, 1.807) is 0 Å². The van der Waals surface area contributed by atoms with Crippen LogP contribution in [0.25, 0.3) is 10.9 Å². The lowest BCUT2D eigenvalue weighted by Crippen LogP contribution is -2.26. The van der Waals surface area contributed by atoms with Gasteiger partial charge in [0.15, 0.2) is 0 Å². The van der Waals surface area contributed by atoms with Crippen molar-refractivity contribution in [1.82, 2.24) is 20.1 Å². The summed E-state index contributed by atoms with van der Waals surface area (Å²) in [6, 6.07) is 7.58. The number of nitrogens with one attached hydrogen (secondary N) is 1. The summed E-state index contributed by atoms with van der Waals surface area (Å²) in [6.07, 6.45) is 1.83. The number of benzene rings is 1. The van der Waals surface area contributed by atoms with Gasteiger partial charge in [-0.1, -0.05) is 29.5 Å². The number of hydrogen-bond donors (Lipinski definition) is 2. The molecule has 0 aliphatic heterocycles. The summed E-state index contributed by atoms with van der Waals surface area (Å²) in [7, 11) is 1.92. The van der Waals surface area contributed by atoms with Crippen molar-refractivity contribution in [3.8, 4) is 0 Å². The molecule has 0 aliphatic rings. The zero-order valence-corrected chi connectivity index (χ0v) is 12.5. The van der Waals surface area contributed by atoms with E-state index in [0.29, 0.717) is 15.7 Å². The first kappa shape index (κ1) is 13.6. The molecule has 21 heavy (non-hydrogen) atoms. The molecule has 3 aromatic rings. The van der Waals surface area contributed by atoms with Gasteiger partial charge in [0.25, 0.3) is 5.91 Å². The van der Waals surface area contributed by atoms with Crippen molar-refractivity contribution in [2.75, 3.05) is 5.73 Å². The molecule has 0 spiro atoms.